The minimum Gasteiger partial charge on any atom is -0.351 e. The maximum atomic E-state index is 4.52. The molecule has 1 aromatic carbocycles. The molecule has 17 heavy (non-hydrogen) atoms. The summed E-state index contributed by atoms with van der Waals surface area (Å²) in [5, 5.41) is 4.44. The molecular weight excluding hydrogens is 278 g/mol. The Morgan fingerprint density at radius 3 is 2.94 bits per heavy atom. The van der Waals surface area contributed by atoms with E-state index in [2.05, 4.69) is 38.1 Å². The molecule has 1 aromatic heterocycles. The SMILES string of the molecule is CC1CC(Nc2ncc3cc(Br)ccc3n2)C1. The molecule has 0 radical (unpaired) electrons. The molecule has 3 rings (SSSR count). The molecule has 0 bridgehead atoms. The van der Waals surface area contributed by atoms with E-state index < -0.39 is 0 Å². The van der Waals surface area contributed by atoms with Gasteiger partial charge < -0.3 is 5.32 Å². The van der Waals surface area contributed by atoms with Crippen LogP contribution < -0.4 is 5.32 Å². The first-order chi connectivity index (χ1) is 8.20. The topological polar surface area (TPSA) is 37.8 Å². The van der Waals surface area contributed by atoms with E-state index in [-0.39, 0.29) is 0 Å². The Kier molecular flexibility index (Phi) is 2.74. The van der Waals surface area contributed by atoms with Crippen LogP contribution in [0.25, 0.3) is 10.9 Å². The fourth-order valence-corrected chi connectivity index (χ4v) is 2.66. The van der Waals surface area contributed by atoms with Gasteiger partial charge >= 0.3 is 0 Å². The van der Waals surface area contributed by atoms with Crippen LogP contribution in [0, 0.1) is 5.92 Å². The van der Waals surface area contributed by atoms with Gasteiger partial charge in [0.2, 0.25) is 5.95 Å². The van der Waals surface area contributed by atoms with Gasteiger partial charge in [-0.05, 0) is 37.0 Å². The molecule has 1 aliphatic rings. The third kappa shape index (κ3) is 2.27. The molecule has 0 saturated heterocycles. The van der Waals surface area contributed by atoms with E-state index in [9.17, 15) is 0 Å². The van der Waals surface area contributed by atoms with Crippen molar-refractivity contribution < 1.29 is 0 Å². The Bertz CT molecular complexity index is 549. The van der Waals surface area contributed by atoms with Gasteiger partial charge in [-0.1, -0.05) is 22.9 Å². The van der Waals surface area contributed by atoms with Crippen LogP contribution in [-0.2, 0) is 0 Å². The second-order valence-corrected chi connectivity index (χ2v) is 5.73. The number of nitrogens with zero attached hydrogens (tertiary/aromatic N) is 2. The predicted octanol–water partition coefficient (Wildman–Crippen LogP) is 3.60. The van der Waals surface area contributed by atoms with E-state index in [1.807, 2.05) is 24.4 Å². The summed E-state index contributed by atoms with van der Waals surface area (Å²) in [5.74, 6) is 1.58. The van der Waals surface area contributed by atoms with Crippen molar-refractivity contribution >= 4 is 32.8 Å². The summed E-state index contributed by atoms with van der Waals surface area (Å²) >= 11 is 3.45. The van der Waals surface area contributed by atoms with Gasteiger partial charge in [0.25, 0.3) is 0 Å². The van der Waals surface area contributed by atoms with Crippen LogP contribution in [-0.4, -0.2) is 16.0 Å². The maximum Gasteiger partial charge on any atom is 0.223 e. The molecular formula is C13H14BrN3. The third-order valence-electron chi connectivity index (χ3n) is 3.25. The fraction of sp³-hybridized carbons (Fsp3) is 0.385. The molecule has 88 valence electrons. The average Bonchev–Trinajstić information content (AvgIpc) is 2.27. The number of anilines is 1. The van der Waals surface area contributed by atoms with Gasteiger partial charge in [-0.15, -0.1) is 0 Å². The molecule has 1 saturated carbocycles. The van der Waals surface area contributed by atoms with Crippen molar-refractivity contribution in [2.75, 3.05) is 5.32 Å². The first-order valence-corrected chi connectivity index (χ1v) is 6.69. The maximum absolute atomic E-state index is 4.52. The third-order valence-corrected chi connectivity index (χ3v) is 3.74. The van der Waals surface area contributed by atoms with Crippen molar-refractivity contribution in [2.45, 2.75) is 25.8 Å². The van der Waals surface area contributed by atoms with Crippen molar-refractivity contribution in [2.24, 2.45) is 5.92 Å². The van der Waals surface area contributed by atoms with Gasteiger partial charge in [-0.2, -0.15) is 0 Å². The molecule has 1 heterocycles. The van der Waals surface area contributed by atoms with E-state index >= 15 is 0 Å². The number of fused-ring (bicyclic) bond motifs is 1. The molecule has 0 atom stereocenters. The number of nitrogens with one attached hydrogen (secondary N) is 1. The van der Waals surface area contributed by atoms with Crippen LogP contribution in [0.4, 0.5) is 5.95 Å². The molecule has 0 unspecified atom stereocenters. The van der Waals surface area contributed by atoms with Gasteiger partial charge in [-0.25, -0.2) is 9.97 Å². The monoisotopic (exact) mass is 291 g/mol. The first-order valence-electron chi connectivity index (χ1n) is 5.89. The number of halogens is 1. The Morgan fingerprint density at radius 1 is 1.35 bits per heavy atom. The number of aromatic nitrogens is 2. The minimum absolute atomic E-state index is 0.554. The lowest BCUT2D eigenvalue weighted by atomic mass is 9.82. The summed E-state index contributed by atoms with van der Waals surface area (Å²) in [4.78, 5) is 8.87. The summed E-state index contributed by atoms with van der Waals surface area (Å²) < 4.78 is 1.06. The number of hydrogen-bond acceptors (Lipinski definition) is 3. The Morgan fingerprint density at radius 2 is 2.18 bits per heavy atom. The zero-order valence-electron chi connectivity index (χ0n) is 9.65. The van der Waals surface area contributed by atoms with Crippen molar-refractivity contribution in [3.05, 3.63) is 28.9 Å². The second kappa shape index (κ2) is 4.26. The van der Waals surface area contributed by atoms with Crippen molar-refractivity contribution in [3.63, 3.8) is 0 Å². The molecule has 2 aromatic rings. The molecule has 1 N–H and O–H groups in total. The number of rotatable bonds is 2. The molecule has 0 aliphatic heterocycles. The lowest BCUT2D eigenvalue weighted by molar-refractivity contribution is 0.308. The van der Waals surface area contributed by atoms with Crippen LogP contribution in [0.2, 0.25) is 0 Å². The first kappa shape index (κ1) is 11.0. The van der Waals surface area contributed by atoms with Crippen molar-refractivity contribution in [1.29, 1.82) is 0 Å². The largest absolute Gasteiger partial charge is 0.351 e. The zero-order valence-corrected chi connectivity index (χ0v) is 11.2. The van der Waals surface area contributed by atoms with Crippen molar-refractivity contribution in [1.82, 2.24) is 9.97 Å². The van der Waals surface area contributed by atoms with Crippen LogP contribution in [0.15, 0.2) is 28.9 Å². The highest BCUT2D eigenvalue weighted by Crippen LogP contribution is 2.28. The number of hydrogen-bond donors (Lipinski definition) is 1. The lowest BCUT2D eigenvalue weighted by Gasteiger charge is -2.33. The van der Waals surface area contributed by atoms with Crippen LogP contribution in [0.3, 0.4) is 0 Å². The van der Waals surface area contributed by atoms with Gasteiger partial charge in [0.1, 0.15) is 0 Å². The fourth-order valence-electron chi connectivity index (χ4n) is 2.28. The van der Waals surface area contributed by atoms with Crippen molar-refractivity contribution in [3.8, 4) is 0 Å². The standard InChI is InChI=1S/C13H14BrN3/c1-8-4-11(5-8)16-13-15-7-9-6-10(14)2-3-12(9)17-13/h2-3,6-8,11H,4-5H2,1H3,(H,15,16,17). The average molecular weight is 292 g/mol. The van der Waals surface area contributed by atoms with E-state index in [0.29, 0.717) is 6.04 Å². The normalized spacial score (nSPS) is 23.4. The van der Waals surface area contributed by atoms with Crippen LogP contribution in [0.1, 0.15) is 19.8 Å². The molecule has 0 spiro atoms. The highest BCUT2D eigenvalue weighted by atomic mass is 79.9. The highest BCUT2D eigenvalue weighted by Gasteiger charge is 2.25. The molecule has 3 nitrogen and oxygen atoms in total. The Balaban J connectivity index is 1.84. The summed E-state index contributed by atoms with van der Waals surface area (Å²) in [7, 11) is 0. The second-order valence-electron chi connectivity index (χ2n) is 4.81. The minimum atomic E-state index is 0.554. The summed E-state index contributed by atoms with van der Waals surface area (Å²) in [6.45, 7) is 2.27. The Labute approximate surface area is 109 Å². The van der Waals surface area contributed by atoms with E-state index in [1.165, 1.54) is 12.8 Å². The summed E-state index contributed by atoms with van der Waals surface area (Å²) in [5.41, 5.74) is 0.984. The predicted molar refractivity (Wildman–Crippen MR) is 73.0 cm³/mol. The molecule has 1 aliphatic carbocycles. The van der Waals surface area contributed by atoms with E-state index in [4.69, 9.17) is 0 Å². The van der Waals surface area contributed by atoms with E-state index in [0.717, 1.165) is 27.2 Å². The zero-order chi connectivity index (χ0) is 11.8. The van der Waals surface area contributed by atoms with Gasteiger partial charge in [0, 0.05) is 22.1 Å². The van der Waals surface area contributed by atoms with Crippen LogP contribution in [0.5, 0.6) is 0 Å². The molecule has 1 fully saturated rings. The van der Waals surface area contributed by atoms with E-state index in [1.54, 1.807) is 0 Å². The smallest absolute Gasteiger partial charge is 0.223 e. The lowest BCUT2D eigenvalue weighted by Crippen LogP contribution is -2.34. The molecule has 4 heteroatoms. The van der Waals surface area contributed by atoms with Gasteiger partial charge in [0.15, 0.2) is 0 Å². The van der Waals surface area contributed by atoms with Gasteiger partial charge in [-0.3, -0.25) is 0 Å². The number of benzene rings is 1. The molecule has 0 amide bonds. The Hall–Kier alpha value is -1.16. The summed E-state index contributed by atoms with van der Waals surface area (Å²) in [6, 6.07) is 6.60. The quantitative estimate of drug-likeness (QED) is 0.919. The highest BCUT2D eigenvalue weighted by molar-refractivity contribution is 9.10. The summed E-state index contributed by atoms with van der Waals surface area (Å²) in [6.07, 6.45) is 4.32. The van der Waals surface area contributed by atoms with Gasteiger partial charge in [0.05, 0.1) is 5.52 Å². The van der Waals surface area contributed by atoms with Crippen LogP contribution >= 0.6 is 15.9 Å².